The first-order chi connectivity index (χ1) is 6.88. The lowest BCUT2D eigenvalue weighted by molar-refractivity contribution is 0.0687. The molecule has 0 bridgehead atoms. The summed E-state index contributed by atoms with van der Waals surface area (Å²) >= 11 is 0. The van der Waals surface area contributed by atoms with Crippen molar-refractivity contribution in [2.45, 2.75) is 38.6 Å². The largest absolute Gasteiger partial charge is 0.380 e. The van der Waals surface area contributed by atoms with Crippen molar-refractivity contribution in [3.8, 4) is 0 Å². The van der Waals surface area contributed by atoms with Gasteiger partial charge in [0.1, 0.15) is 0 Å². The Balaban J connectivity index is 2.14. The van der Waals surface area contributed by atoms with Gasteiger partial charge in [0.05, 0.1) is 6.61 Å². The zero-order valence-corrected chi connectivity index (χ0v) is 9.37. The van der Waals surface area contributed by atoms with Gasteiger partial charge in [0.25, 0.3) is 0 Å². The van der Waals surface area contributed by atoms with Gasteiger partial charge in [-0.15, -0.1) is 0 Å². The zero-order valence-electron chi connectivity index (χ0n) is 9.37. The molecule has 2 N–H and O–H groups in total. The summed E-state index contributed by atoms with van der Waals surface area (Å²) in [6.07, 6.45) is 5.26. The lowest BCUT2D eigenvalue weighted by Gasteiger charge is -2.37. The molecule has 0 aliphatic heterocycles. The first kappa shape index (κ1) is 12.0. The first-order valence-electron chi connectivity index (χ1n) is 5.90. The van der Waals surface area contributed by atoms with Gasteiger partial charge in [-0.25, -0.2) is 0 Å². The normalized spacial score (nSPS) is 17.4. The van der Waals surface area contributed by atoms with Gasteiger partial charge in [0.2, 0.25) is 0 Å². The molecule has 0 spiro atoms. The van der Waals surface area contributed by atoms with Crippen molar-refractivity contribution in [2.75, 3.05) is 32.8 Å². The van der Waals surface area contributed by atoms with Gasteiger partial charge < -0.3 is 10.5 Å². The second kappa shape index (κ2) is 7.21. The van der Waals surface area contributed by atoms with E-state index in [1.807, 2.05) is 6.92 Å². The van der Waals surface area contributed by atoms with E-state index in [0.717, 1.165) is 45.3 Å². The highest BCUT2D eigenvalue weighted by Gasteiger charge is 2.23. The molecule has 3 heteroatoms. The highest BCUT2D eigenvalue weighted by Crippen LogP contribution is 2.24. The second-order valence-corrected chi connectivity index (χ2v) is 3.96. The zero-order chi connectivity index (χ0) is 10.2. The molecule has 14 heavy (non-hydrogen) atoms. The molecule has 1 saturated carbocycles. The standard InChI is InChI=1S/C11H24N2O/c1-2-14-10-9-13(8-4-7-12)11-5-3-6-11/h11H,2-10,12H2,1H3. The van der Waals surface area contributed by atoms with Crippen LogP contribution >= 0.6 is 0 Å². The maximum Gasteiger partial charge on any atom is 0.0593 e. The monoisotopic (exact) mass is 200 g/mol. The molecule has 0 aromatic rings. The van der Waals surface area contributed by atoms with Gasteiger partial charge in [-0.05, 0) is 39.3 Å². The van der Waals surface area contributed by atoms with Crippen LogP contribution in [0, 0.1) is 0 Å². The fraction of sp³-hybridized carbons (Fsp3) is 1.00. The summed E-state index contributed by atoms with van der Waals surface area (Å²) in [4.78, 5) is 2.55. The highest BCUT2D eigenvalue weighted by molar-refractivity contribution is 4.79. The Kier molecular flexibility index (Phi) is 6.15. The molecule has 0 atom stereocenters. The van der Waals surface area contributed by atoms with Crippen LogP contribution in [0.3, 0.4) is 0 Å². The number of nitrogens with zero attached hydrogens (tertiary/aromatic N) is 1. The molecular formula is C11H24N2O. The third-order valence-electron chi connectivity index (χ3n) is 2.97. The molecule has 0 aromatic carbocycles. The van der Waals surface area contributed by atoms with E-state index in [1.54, 1.807) is 0 Å². The molecule has 0 radical (unpaired) electrons. The second-order valence-electron chi connectivity index (χ2n) is 3.96. The van der Waals surface area contributed by atoms with Crippen LogP contribution in [0.25, 0.3) is 0 Å². The number of nitrogens with two attached hydrogens (primary N) is 1. The summed E-state index contributed by atoms with van der Waals surface area (Å²) in [6, 6.07) is 0.821. The van der Waals surface area contributed by atoms with Crippen LogP contribution in [0.5, 0.6) is 0 Å². The quantitative estimate of drug-likeness (QED) is 0.599. The summed E-state index contributed by atoms with van der Waals surface area (Å²) < 4.78 is 5.39. The van der Waals surface area contributed by atoms with Crippen molar-refractivity contribution in [1.29, 1.82) is 0 Å². The molecule has 0 unspecified atom stereocenters. The molecule has 84 valence electrons. The van der Waals surface area contributed by atoms with Gasteiger partial charge in [-0.3, -0.25) is 4.90 Å². The Hall–Kier alpha value is -0.120. The van der Waals surface area contributed by atoms with Gasteiger partial charge in [-0.1, -0.05) is 6.42 Å². The molecule has 1 rings (SSSR count). The minimum atomic E-state index is 0.803. The fourth-order valence-corrected chi connectivity index (χ4v) is 1.85. The summed E-state index contributed by atoms with van der Waals surface area (Å²) in [5.74, 6) is 0. The Bertz CT molecular complexity index is 137. The minimum Gasteiger partial charge on any atom is -0.380 e. The fourth-order valence-electron chi connectivity index (χ4n) is 1.85. The molecule has 0 saturated heterocycles. The molecule has 1 aliphatic carbocycles. The SMILES string of the molecule is CCOCCN(CCCN)C1CCC1. The third-order valence-corrected chi connectivity index (χ3v) is 2.97. The summed E-state index contributed by atoms with van der Waals surface area (Å²) in [5, 5.41) is 0. The number of rotatable bonds is 8. The molecule has 0 aromatic heterocycles. The lowest BCUT2D eigenvalue weighted by Crippen LogP contribution is -2.43. The first-order valence-corrected chi connectivity index (χ1v) is 5.90. The minimum absolute atomic E-state index is 0.803. The van der Waals surface area contributed by atoms with Crippen LogP contribution < -0.4 is 5.73 Å². The van der Waals surface area contributed by atoms with Crippen LogP contribution in [0.1, 0.15) is 32.6 Å². The molecule has 3 nitrogen and oxygen atoms in total. The van der Waals surface area contributed by atoms with Crippen LogP contribution in [-0.2, 0) is 4.74 Å². The maximum absolute atomic E-state index is 5.53. The topological polar surface area (TPSA) is 38.5 Å². The predicted octanol–water partition coefficient (Wildman–Crippen LogP) is 1.23. The summed E-state index contributed by atoms with van der Waals surface area (Å²) in [6.45, 7) is 6.78. The Morgan fingerprint density at radius 3 is 2.64 bits per heavy atom. The number of ether oxygens (including phenoxy) is 1. The average Bonchev–Trinajstić information content (AvgIpc) is 2.11. The van der Waals surface area contributed by atoms with E-state index in [2.05, 4.69) is 4.90 Å². The Morgan fingerprint density at radius 1 is 1.36 bits per heavy atom. The van der Waals surface area contributed by atoms with E-state index in [9.17, 15) is 0 Å². The van der Waals surface area contributed by atoms with Crippen LogP contribution in [0.2, 0.25) is 0 Å². The van der Waals surface area contributed by atoms with Crippen molar-refractivity contribution in [2.24, 2.45) is 5.73 Å². The van der Waals surface area contributed by atoms with Crippen LogP contribution in [0.15, 0.2) is 0 Å². The van der Waals surface area contributed by atoms with Crippen LogP contribution in [-0.4, -0.2) is 43.8 Å². The van der Waals surface area contributed by atoms with Gasteiger partial charge in [0.15, 0.2) is 0 Å². The molecule has 1 fully saturated rings. The van der Waals surface area contributed by atoms with Crippen LogP contribution in [0.4, 0.5) is 0 Å². The van der Waals surface area contributed by atoms with E-state index in [1.165, 1.54) is 19.3 Å². The molecule has 0 amide bonds. The average molecular weight is 200 g/mol. The summed E-state index contributed by atoms with van der Waals surface area (Å²) in [7, 11) is 0. The Morgan fingerprint density at radius 2 is 2.14 bits per heavy atom. The van der Waals surface area contributed by atoms with Crippen molar-refractivity contribution in [3.63, 3.8) is 0 Å². The van der Waals surface area contributed by atoms with E-state index in [4.69, 9.17) is 10.5 Å². The van der Waals surface area contributed by atoms with Crippen molar-refractivity contribution in [1.82, 2.24) is 4.90 Å². The number of hydrogen-bond donors (Lipinski definition) is 1. The van der Waals surface area contributed by atoms with E-state index in [-0.39, 0.29) is 0 Å². The Labute approximate surface area is 87.6 Å². The van der Waals surface area contributed by atoms with Crippen molar-refractivity contribution in [3.05, 3.63) is 0 Å². The maximum atomic E-state index is 5.53. The third kappa shape index (κ3) is 3.95. The lowest BCUT2D eigenvalue weighted by atomic mass is 9.91. The number of hydrogen-bond acceptors (Lipinski definition) is 3. The van der Waals surface area contributed by atoms with Crippen molar-refractivity contribution >= 4 is 0 Å². The van der Waals surface area contributed by atoms with Gasteiger partial charge in [0, 0.05) is 19.2 Å². The molecular weight excluding hydrogens is 176 g/mol. The van der Waals surface area contributed by atoms with Gasteiger partial charge in [-0.2, -0.15) is 0 Å². The predicted molar refractivity (Wildman–Crippen MR) is 59.4 cm³/mol. The molecule has 1 aliphatic rings. The van der Waals surface area contributed by atoms with E-state index in [0.29, 0.717) is 0 Å². The molecule has 0 heterocycles. The summed E-state index contributed by atoms with van der Waals surface area (Å²) in [5.41, 5.74) is 5.53. The van der Waals surface area contributed by atoms with Gasteiger partial charge >= 0.3 is 0 Å². The van der Waals surface area contributed by atoms with E-state index < -0.39 is 0 Å². The van der Waals surface area contributed by atoms with E-state index >= 15 is 0 Å². The highest BCUT2D eigenvalue weighted by atomic mass is 16.5. The smallest absolute Gasteiger partial charge is 0.0593 e. The van der Waals surface area contributed by atoms with Crippen molar-refractivity contribution < 1.29 is 4.74 Å².